The lowest BCUT2D eigenvalue weighted by Crippen LogP contribution is -2.40. The molecular weight excluding hydrogens is 540 g/mol. The van der Waals surface area contributed by atoms with Crippen LogP contribution >= 0.6 is 11.3 Å². The van der Waals surface area contributed by atoms with Crippen molar-refractivity contribution in [3.05, 3.63) is 47.1 Å². The van der Waals surface area contributed by atoms with Crippen LogP contribution in [0, 0.1) is 5.92 Å². The number of fused-ring (bicyclic) bond motifs is 1. The van der Waals surface area contributed by atoms with Gasteiger partial charge in [0.2, 0.25) is 10.0 Å². The second-order valence-electron chi connectivity index (χ2n) is 11.8. The van der Waals surface area contributed by atoms with Crippen molar-refractivity contribution in [1.29, 1.82) is 0 Å². The summed E-state index contributed by atoms with van der Waals surface area (Å²) in [6, 6.07) is 9.97. The van der Waals surface area contributed by atoms with Crippen LogP contribution in [0.1, 0.15) is 87.6 Å². The summed E-state index contributed by atoms with van der Waals surface area (Å²) >= 11 is 0.958. The molecule has 2 saturated carbocycles. The minimum absolute atomic E-state index is 0.0116. The molecule has 0 unspecified atom stereocenters. The normalized spacial score (nSPS) is 17.8. The third kappa shape index (κ3) is 5.74. The Morgan fingerprint density at radius 1 is 0.949 bits per heavy atom. The second kappa shape index (κ2) is 10.5. The summed E-state index contributed by atoms with van der Waals surface area (Å²) in [4.78, 5) is 17.6. The molecule has 5 rings (SSSR count). The zero-order valence-corrected chi connectivity index (χ0v) is 24.2. The maximum absolute atomic E-state index is 16.2. The van der Waals surface area contributed by atoms with Crippen molar-refractivity contribution in [2.24, 2.45) is 5.92 Å². The van der Waals surface area contributed by atoms with Crippen LogP contribution in [0.25, 0.3) is 21.2 Å². The van der Waals surface area contributed by atoms with Gasteiger partial charge in [-0.15, -0.1) is 11.3 Å². The van der Waals surface area contributed by atoms with Gasteiger partial charge in [-0.3, -0.25) is 4.79 Å². The molecule has 0 atom stereocenters. The van der Waals surface area contributed by atoms with Gasteiger partial charge < -0.3 is 5.32 Å². The number of nitrogens with zero attached hydrogens (tertiary/aromatic N) is 1. The Labute approximate surface area is 232 Å². The van der Waals surface area contributed by atoms with Crippen LogP contribution in [-0.2, 0) is 15.9 Å². The van der Waals surface area contributed by atoms with Crippen molar-refractivity contribution in [2.75, 3.05) is 0 Å². The zero-order valence-electron chi connectivity index (χ0n) is 22.5. The van der Waals surface area contributed by atoms with Crippen LogP contribution in [0.15, 0.2) is 41.3 Å². The van der Waals surface area contributed by atoms with Gasteiger partial charge in [-0.05, 0) is 64.3 Å². The van der Waals surface area contributed by atoms with E-state index in [2.05, 4.69) is 15.0 Å². The SMILES string of the molecule is CC(C)(C)NS(=O)(=O)c1ccc(-c2sc(C(=O)NC3CCC3)nc2C(F)(F)C2CCCCC2)c2ccccc12. The minimum Gasteiger partial charge on any atom is -0.347 e. The van der Waals surface area contributed by atoms with Gasteiger partial charge >= 0.3 is 0 Å². The molecule has 0 bridgehead atoms. The molecule has 10 heteroatoms. The van der Waals surface area contributed by atoms with Crippen molar-refractivity contribution < 1.29 is 22.0 Å². The van der Waals surface area contributed by atoms with E-state index in [4.69, 9.17) is 0 Å². The molecule has 0 radical (unpaired) electrons. The summed E-state index contributed by atoms with van der Waals surface area (Å²) in [5, 5.41) is 3.87. The predicted molar refractivity (Wildman–Crippen MR) is 151 cm³/mol. The number of rotatable bonds is 7. The number of alkyl halides is 2. The summed E-state index contributed by atoms with van der Waals surface area (Å²) in [6.07, 6.45) is 6.01. The van der Waals surface area contributed by atoms with E-state index in [0.717, 1.165) is 49.9 Å². The van der Waals surface area contributed by atoms with E-state index in [1.807, 2.05) is 0 Å². The monoisotopic (exact) mass is 575 g/mol. The third-order valence-electron chi connectivity index (χ3n) is 7.55. The van der Waals surface area contributed by atoms with E-state index < -0.39 is 33.3 Å². The van der Waals surface area contributed by atoms with Crippen molar-refractivity contribution in [3.8, 4) is 10.4 Å². The molecule has 0 spiro atoms. The number of hydrogen-bond acceptors (Lipinski definition) is 5. The quantitative estimate of drug-likeness (QED) is 0.318. The van der Waals surface area contributed by atoms with Gasteiger partial charge in [-0.25, -0.2) is 18.1 Å². The highest BCUT2D eigenvalue weighted by Crippen LogP contribution is 2.49. The number of nitrogens with one attached hydrogen (secondary N) is 2. The van der Waals surface area contributed by atoms with Gasteiger partial charge in [0, 0.05) is 28.4 Å². The Morgan fingerprint density at radius 3 is 2.23 bits per heavy atom. The van der Waals surface area contributed by atoms with E-state index in [-0.39, 0.29) is 26.5 Å². The van der Waals surface area contributed by atoms with Crippen LogP contribution in [0.2, 0.25) is 0 Å². The number of hydrogen-bond donors (Lipinski definition) is 2. The topological polar surface area (TPSA) is 88.2 Å². The lowest BCUT2D eigenvalue weighted by atomic mass is 9.82. The Kier molecular flexibility index (Phi) is 7.58. The van der Waals surface area contributed by atoms with Gasteiger partial charge in [0.25, 0.3) is 11.8 Å². The molecule has 39 heavy (non-hydrogen) atoms. The highest BCUT2D eigenvalue weighted by Gasteiger charge is 2.46. The zero-order chi connectivity index (χ0) is 28.0. The fraction of sp³-hybridized carbons (Fsp3) is 0.517. The molecule has 2 aromatic carbocycles. The predicted octanol–water partition coefficient (Wildman–Crippen LogP) is 6.99. The van der Waals surface area contributed by atoms with Crippen molar-refractivity contribution in [2.45, 2.75) is 94.5 Å². The Morgan fingerprint density at radius 2 is 1.62 bits per heavy atom. The van der Waals surface area contributed by atoms with E-state index in [9.17, 15) is 13.2 Å². The first-order valence-electron chi connectivity index (χ1n) is 13.6. The van der Waals surface area contributed by atoms with E-state index in [0.29, 0.717) is 29.2 Å². The summed E-state index contributed by atoms with van der Waals surface area (Å²) in [5.41, 5.74) is -0.633. The molecule has 2 aliphatic carbocycles. The molecule has 1 heterocycles. The largest absolute Gasteiger partial charge is 0.347 e. The molecule has 6 nitrogen and oxygen atoms in total. The first-order valence-corrected chi connectivity index (χ1v) is 15.9. The van der Waals surface area contributed by atoms with Crippen LogP contribution < -0.4 is 10.0 Å². The maximum Gasteiger partial charge on any atom is 0.293 e. The van der Waals surface area contributed by atoms with Crippen molar-refractivity contribution in [1.82, 2.24) is 15.0 Å². The van der Waals surface area contributed by atoms with Crippen LogP contribution in [0.5, 0.6) is 0 Å². The highest BCUT2D eigenvalue weighted by atomic mass is 32.2. The van der Waals surface area contributed by atoms with E-state index in [1.165, 1.54) is 6.07 Å². The van der Waals surface area contributed by atoms with E-state index >= 15 is 8.78 Å². The Bertz CT molecular complexity index is 1490. The van der Waals surface area contributed by atoms with Gasteiger partial charge in [0.1, 0.15) is 5.69 Å². The average Bonchev–Trinajstić information content (AvgIpc) is 3.31. The molecule has 1 amide bonds. The van der Waals surface area contributed by atoms with Crippen molar-refractivity contribution >= 4 is 38.0 Å². The number of sulfonamides is 1. The first kappa shape index (κ1) is 28.1. The van der Waals surface area contributed by atoms with Gasteiger partial charge in [-0.2, -0.15) is 8.78 Å². The number of aromatic nitrogens is 1. The summed E-state index contributed by atoms with van der Waals surface area (Å²) < 4.78 is 61.6. The van der Waals surface area contributed by atoms with Crippen LogP contribution in [0.3, 0.4) is 0 Å². The number of carbonyl (C=O) groups is 1. The number of thiazole rings is 1. The molecule has 1 aromatic heterocycles. The summed E-state index contributed by atoms with van der Waals surface area (Å²) in [6.45, 7) is 5.27. The van der Waals surface area contributed by atoms with Gasteiger partial charge in [-0.1, -0.05) is 49.6 Å². The number of benzene rings is 2. The van der Waals surface area contributed by atoms with Crippen LogP contribution in [0.4, 0.5) is 8.78 Å². The smallest absolute Gasteiger partial charge is 0.293 e. The van der Waals surface area contributed by atoms with E-state index in [1.54, 1.807) is 51.1 Å². The van der Waals surface area contributed by atoms with Gasteiger partial charge in [0.15, 0.2) is 5.01 Å². The summed E-state index contributed by atoms with van der Waals surface area (Å²) in [7, 11) is -3.89. The highest BCUT2D eigenvalue weighted by molar-refractivity contribution is 7.89. The molecule has 2 N–H and O–H groups in total. The fourth-order valence-corrected chi connectivity index (χ4v) is 8.12. The first-order chi connectivity index (χ1) is 18.4. The Balaban J connectivity index is 1.66. The molecule has 3 aromatic rings. The number of carbonyl (C=O) groups excluding carboxylic acids is 1. The number of amides is 1. The molecule has 0 saturated heterocycles. The fourth-order valence-electron chi connectivity index (χ4n) is 5.45. The third-order valence-corrected chi connectivity index (χ3v) is 10.5. The summed E-state index contributed by atoms with van der Waals surface area (Å²) in [5.74, 6) is -4.51. The minimum atomic E-state index is -3.89. The number of halogens is 2. The second-order valence-corrected chi connectivity index (χ2v) is 14.4. The van der Waals surface area contributed by atoms with Gasteiger partial charge in [0.05, 0.1) is 9.77 Å². The molecular formula is C29H35F2N3O3S2. The van der Waals surface area contributed by atoms with Crippen LogP contribution in [-0.4, -0.2) is 30.9 Å². The Hall–Kier alpha value is -2.43. The lowest BCUT2D eigenvalue weighted by Gasteiger charge is -2.29. The molecule has 210 valence electrons. The average molecular weight is 576 g/mol. The lowest BCUT2D eigenvalue weighted by molar-refractivity contribution is -0.0804. The standard InChI is InChI=1S/C29H35F2N3O3S2/c1-28(2,3)34-39(36,37)23-17-16-22(20-14-7-8-15-21(20)23)24-25(29(30,31)18-10-5-4-6-11-18)33-27(38-24)26(35)32-19-12-9-13-19/h7-8,14-19,34H,4-6,9-13H2,1-3H3,(H,32,35). The molecule has 0 aliphatic heterocycles. The maximum atomic E-state index is 16.2. The molecule has 2 aliphatic rings. The van der Waals surface area contributed by atoms with Crippen molar-refractivity contribution in [3.63, 3.8) is 0 Å². The molecule has 2 fully saturated rings.